The van der Waals surface area contributed by atoms with Crippen molar-refractivity contribution in [1.82, 2.24) is 0 Å². The van der Waals surface area contributed by atoms with Gasteiger partial charge in [-0.2, -0.15) is 30.7 Å². The van der Waals surface area contributed by atoms with Crippen LogP contribution in [0.4, 0.5) is 30.7 Å². The summed E-state index contributed by atoms with van der Waals surface area (Å²) >= 11 is 0. The molecule has 0 amide bonds. The summed E-state index contributed by atoms with van der Waals surface area (Å²) in [6, 6.07) is 0. The van der Waals surface area contributed by atoms with Crippen molar-refractivity contribution in [1.29, 1.82) is 0 Å². The normalized spacial score (nSPS) is 10.0. The first-order valence-corrected chi connectivity index (χ1v) is 2.24. The lowest BCUT2D eigenvalue weighted by molar-refractivity contribution is -0.159. The van der Waals surface area contributed by atoms with Gasteiger partial charge in [0.15, 0.2) is 0 Å². The predicted molar refractivity (Wildman–Crippen MR) is 24.6 cm³/mol. The van der Waals surface area contributed by atoms with Crippen molar-refractivity contribution in [3.05, 3.63) is 12.2 Å². The number of aliphatic hydroxyl groups is 1. The first kappa shape index (κ1) is 13.8. The van der Waals surface area contributed by atoms with Crippen molar-refractivity contribution in [3.8, 4) is 0 Å². The highest BCUT2D eigenvalue weighted by molar-refractivity contribution is 4.77. The van der Waals surface area contributed by atoms with Crippen molar-refractivity contribution in [2.45, 2.75) is 6.18 Å². The summed E-state index contributed by atoms with van der Waals surface area (Å²) in [7, 11) is 0. The number of rotatable bonds is 0. The van der Waals surface area contributed by atoms with Gasteiger partial charge in [0.05, 0.1) is 0 Å². The molecule has 0 saturated carbocycles. The average Bonchev–Trinajstić information content (AvgIpc) is 1.87. The number of hydrogen-bond acceptors (Lipinski definition) is 1. The molecule has 8 heteroatoms. The predicted octanol–water partition coefficient (Wildman–Crippen LogP) is 2.53. The Hall–Kier alpha value is -0.790. The number of hydrogen-bond donors (Lipinski definition) is 1. The Morgan fingerprint density at radius 3 is 1.08 bits per heavy atom. The van der Waals surface area contributed by atoms with E-state index in [4.69, 9.17) is 5.11 Å². The minimum atomic E-state index is -4.40. The number of alkyl halides is 3. The zero-order valence-electron chi connectivity index (χ0n) is 5.30. The SMILES string of the molecule is FC(F)=C(F)F.OCC(F)(F)F. The third-order valence-electron chi connectivity index (χ3n) is 0.322. The Morgan fingerprint density at radius 2 is 1.08 bits per heavy atom. The average molecular weight is 200 g/mol. The van der Waals surface area contributed by atoms with E-state index in [1.54, 1.807) is 0 Å². The zero-order valence-corrected chi connectivity index (χ0v) is 5.30. The van der Waals surface area contributed by atoms with Crippen LogP contribution in [-0.4, -0.2) is 17.9 Å². The van der Waals surface area contributed by atoms with Crippen LogP contribution in [0.3, 0.4) is 0 Å². The van der Waals surface area contributed by atoms with E-state index in [1.165, 1.54) is 0 Å². The second kappa shape index (κ2) is 5.81. The van der Waals surface area contributed by atoms with Crippen molar-refractivity contribution >= 4 is 0 Å². The van der Waals surface area contributed by atoms with Gasteiger partial charge in [-0.25, -0.2) is 0 Å². The molecule has 0 rings (SSSR count). The molecule has 0 aliphatic carbocycles. The molecule has 0 unspecified atom stereocenters. The molecule has 0 heterocycles. The van der Waals surface area contributed by atoms with Gasteiger partial charge in [0.2, 0.25) is 0 Å². The van der Waals surface area contributed by atoms with E-state index in [0.29, 0.717) is 0 Å². The smallest absolute Gasteiger partial charge is 0.387 e. The standard InChI is InChI=1S/C2F4.C2H3F3O/c3-1(4)2(5)6;3-2(4,5)1-6/h;6H,1H2. The fraction of sp³-hybridized carbons (Fsp3) is 0.500. The highest BCUT2D eigenvalue weighted by Gasteiger charge is 2.24. The summed E-state index contributed by atoms with van der Waals surface area (Å²) in [5.74, 6) is 0. The molecule has 0 aromatic heterocycles. The van der Waals surface area contributed by atoms with Crippen LogP contribution < -0.4 is 0 Å². The monoisotopic (exact) mass is 200 g/mol. The lowest BCUT2D eigenvalue weighted by Gasteiger charge is -1.95. The van der Waals surface area contributed by atoms with Gasteiger partial charge in [-0.1, -0.05) is 0 Å². The largest absolute Gasteiger partial charge is 0.411 e. The first-order valence-electron chi connectivity index (χ1n) is 2.24. The summed E-state index contributed by atoms with van der Waals surface area (Å²) in [5.41, 5.74) is 0. The Kier molecular flexibility index (Phi) is 6.67. The fourth-order valence-corrected chi connectivity index (χ4v) is 0. The third kappa shape index (κ3) is 16.1. The van der Waals surface area contributed by atoms with Crippen molar-refractivity contribution in [2.24, 2.45) is 0 Å². The van der Waals surface area contributed by atoms with E-state index in [1.807, 2.05) is 0 Å². The second-order valence-corrected chi connectivity index (χ2v) is 1.29. The van der Waals surface area contributed by atoms with Gasteiger partial charge in [0.1, 0.15) is 6.61 Å². The number of halogens is 7. The molecule has 0 aromatic rings. The van der Waals surface area contributed by atoms with Gasteiger partial charge in [-0.3, -0.25) is 0 Å². The highest BCUT2D eigenvalue weighted by Crippen LogP contribution is 2.11. The molecule has 0 bridgehead atoms. The Labute approximate surface area is 62.1 Å². The summed E-state index contributed by atoms with van der Waals surface area (Å²) in [6.07, 6.45) is -10.2. The fourth-order valence-electron chi connectivity index (χ4n) is 0. The minimum absolute atomic E-state index is 1.73. The van der Waals surface area contributed by atoms with E-state index in [2.05, 4.69) is 0 Å². The van der Waals surface area contributed by atoms with Crippen molar-refractivity contribution in [3.63, 3.8) is 0 Å². The first-order chi connectivity index (χ1) is 5.20. The van der Waals surface area contributed by atoms with Crippen molar-refractivity contribution < 1.29 is 35.8 Å². The topological polar surface area (TPSA) is 20.2 Å². The van der Waals surface area contributed by atoms with Crippen LogP contribution in [0.2, 0.25) is 0 Å². The molecule has 12 heavy (non-hydrogen) atoms. The van der Waals surface area contributed by atoms with Crippen LogP contribution in [-0.2, 0) is 0 Å². The molecule has 74 valence electrons. The summed E-state index contributed by atoms with van der Waals surface area (Å²) in [5, 5.41) is 7.28. The quantitative estimate of drug-likeness (QED) is 0.595. The summed E-state index contributed by atoms with van der Waals surface area (Å²) in [6.45, 7) is -1.73. The summed E-state index contributed by atoms with van der Waals surface area (Å²) < 4.78 is 72.8. The van der Waals surface area contributed by atoms with Crippen LogP contribution in [0.25, 0.3) is 0 Å². The van der Waals surface area contributed by atoms with Gasteiger partial charge in [0, 0.05) is 0 Å². The summed E-state index contributed by atoms with van der Waals surface area (Å²) in [4.78, 5) is 0. The van der Waals surface area contributed by atoms with Crippen LogP contribution in [0.1, 0.15) is 0 Å². The molecule has 0 aromatic carbocycles. The molecule has 1 nitrogen and oxygen atoms in total. The van der Waals surface area contributed by atoms with Crippen LogP contribution >= 0.6 is 0 Å². The molecule has 0 radical (unpaired) electrons. The molecular weight excluding hydrogens is 197 g/mol. The highest BCUT2D eigenvalue weighted by atomic mass is 19.4. The molecule has 0 aliphatic rings. The zero-order chi connectivity index (χ0) is 10.4. The maximum absolute atomic E-state index is 10.5. The molecule has 0 saturated heterocycles. The lowest BCUT2D eigenvalue weighted by Crippen LogP contribution is -2.12. The molecule has 1 N–H and O–H groups in total. The van der Waals surface area contributed by atoms with Gasteiger partial charge in [-0.05, 0) is 0 Å². The van der Waals surface area contributed by atoms with Crippen LogP contribution in [0.5, 0.6) is 0 Å². The van der Waals surface area contributed by atoms with Crippen LogP contribution in [0, 0.1) is 0 Å². The van der Waals surface area contributed by atoms with Gasteiger partial charge < -0.3 is 5.11 Å². The van der Waals surface area contributed by atoms with E-state index in [-0.39, 0.29) is 0 Å². The minimum Gasteiger partial charge on any atom is -0.387 e. The third-order valence-corrected chi connectivity index (χ3v) is 0.322. The van der Waals surface area contributed by atoms with E-state index in [0.717, 1.165) is 0 Å². The molecule has 0 fully saturated rings. The maximum atomic E-state index is 10.5. The van der Waals surface area contributed by atoms with Crippen LogP contribution in [0.15, 0.2) is 12.2 Å². The van der Waals surface area contributed by atoms with E-state index in [9.17, 15) is 30.7 Å². The van der Waals surface area contributed by atoms with Gasteiger partial charge in [0.25, 0.3) is 0 Å². The second-order valence-electron chi connectivity index (χ2n) is 1.29. The Morgan fingerprint density at radius 1 is 0.917 bits per heavy atom. The molecule has 0 atom stereocenters. The molecular formula is C4H3F7O. The lowest BCUT2D eigenvalue weighted by atomic mass is 10.7. The number of aliphatic hydroxyl groups excluding tert-OH is 1. The van der Waals surface area contributed by atoms with E-state index < -0.39 is 24.9 Å². The molecule has 0 spiro atoms. The molecule has 0 aliphatic heterocycles. The van der Waals surface area contributed by atoms with Crippen molar-refractivity contribution in [2.75, 3.05) is 6.61 Å². The van der Waals surface area contributed by atoms with Gasteiger partial charge in [-0.15, -0.1) is 0 Å². The van der Waals surface area contributed by atoms with Gasteiger partial charge >= 0.3 is 18.3 Å². The maximum Gasteiger partial charge on any atom is 0.411 e. The van der Waals surface area contributed by atoms with E-state index >= 15 is 0 Å². The Balaban J connectivity index is 0. The Bertz CT molecular complexity index is 130.